The van der Waals surface area contributed by atoms with E-state index >= 15 is 0 Å². The van der Waals surface area contributed by atoms with E-state index in [1.165, 1.54) is 16.7 Å². The molecule has 0 aliphatic carbocycles. The van der Waals surface area contributed by atoms with E-state index in [2.05, 4.69) is 77.4 Å². The van der Waals surface area contributed by atoms with Gasteiger partial charge in [-0.15, -0.1) is 0 Å². The lowest BCUT2D eigenvalue weighted by atomic mass is 10.1. The Kier molecular flexibility index (Phi) is 8.16. The molecule has 3 N–H and O–H groups in total. The lowest BCUT2D eigenvalue weighted by Crippen LogP contribution is -2.22. The van der Waals surface area contributed by atoms with Crippen molar-refractivity contribution in [3.05, 3.63) is 100 Å². The minimum absolute atomic E-state index is 0.599. The summed E-state index contributed by atoms with van der Waals surface area (Å²) in [6, 6.07) is 12.6. The molecular formula is C26H33N5. The van der Waals surface area contributed by atoms with E-state index in [1.807, 2.05) is 18.6 Å². The average molecular weight is 416 g/mol. The fourth-order valence-electron chi connectivity index (χ4n) is 3.28. The van der Waals surface area contributed by atoms with Gasteiger partial charge in [-0.25, -0.2) is 0 Å². The third kappa shape index (κ3) is 6.64. The topological polar surface area (TPSA) is 76.7 Å². The minimum Gasteiger partial charge on any atom is -0.400 e. The summed E-state index contributed by atoms with van der Waals surface area (Å²) in [5.74, 6) is 0. The van der Waals surface area contributed by atoms with Crippen LogP contribution in [0.2, 0.25) is 0 Å². The Bertz CT molecular complexity index is 974. The van der Waals surface area contributed by atoms with Crippen LogP contribution in [0.15, 0.2) is 66.4 Å². The Labute approximate surface area is 185 Å². The summed E-state index contributed by atoms with van der Waals surface area (Å²) < 4.78 is 0. The fraction of sp³-hybridized carbons (Fsp3) is 0.346. The first-order valence-electron chi connectivity index (χ1n) is 11.1. The molecule has 0 amide bonds. The van der Waals surface area contributed by atoms with Gasteiger partial charge < -0.3 is 11.1 Å². The molecule has 3 aromatic heterocycles. The standard InChI is InChI=1S/C26H33N5/c1-4-19-7-10-22(28-15-19)13-25(27)26(14-23-11-8-20(5-2)16-29-23)31-18-24-12-9-21(6-3)17-30-24/h7-12,15-17,31H,4-6,13-14,18,27H2,1-3H3/b26-25+. The largest absolute Gasteiger partial charge is 0.400 e. The number of rotatable bonds is 10. The molecule has 0 aromatic carbocycles. The number of nitrogens with two attached hydrogens (primary N) is 1. The second-order valence-electron chi connectivity index (χ2n) is 7.74. The zero-order valence-corrected chi connectivity index (χ0v) is 18.9. The van der Waals surface area contributed by atoms with Crippen LogP contribution in [-0.4, -0.2) is 15.0 Å². The van der Waals surface area contributed by atoms with Crippen LogP contribution in [0.5, 0.6) is 0 Å². The van der Waals surface area contributed by atoms with Gasteiger partial charge >= 0.3 is 0 Å². The average Bonchev–Trinajstić information content (AvgIpc) is 2.83. The molecule has 3 heterocycles. The van der Waals surface area contributed by atoms with E-state index < -0.39 is 0 Å². The zero-order chi connectivity index (χ0) is 22.1. The maximum atomic E-state index is 6.56. The second-order valence-corrected chi connectivity index (χ2v) is 7.74. The maximum absolute atomic E-state index is 6.56. The summed E-state index contributed by atoms with van der Waals surface area (Å²) in [6.45, 7) is 7.02. The summed E-state index contributed by atoms with van der Waals surface area (Å²) in [6.07, 6.45) is 10.0. The molecule has 0 bridgehead atoms. The Morgan fingerprint density at radius 1 is 0.677 bits per heavy atom. The van der Waals surface area contributed by atoms with Crippen molar-refractivity contribution in [3.8, 4) is 0 Å². The summed E-state index contributed by atoms with van der Waals surface area (Å²) in [5, 5.41) is 3.52. The molecule has 0 aliphatic heterocycles. The van der Waals surface area contributed by atoms with E-state index in [9.17, 15) is 0 Å². The van der Waals surface area contributed by atoms with Crippen LogP contribution in [-0.2, 0) is 38.6 Å². The minimum atomic E-state index is 0.599. The summed E-state index contributed by atoms with van der Waals surface area (Å²) in [4.78, 5) is 13.7. The van der Waals surface area contributed by atoms with E-state index in [4.69, 9.17) is 5.73 Å². The number of nitrogens with one attached hydrogen (secondary N) is 1. The molecule has 0 atom stereocenters. The predicted molar refractivity (Wildman–Crippen MR) is 126 cm³/mol. The lowest BCUT2D eigenvalue weighted by Gasteiger charge is -2.15. The van der Waals surface area contributed by atoms with Gasteiger partial charge in [0.1, 0.15) is 0 Å². The molecule has 0 radical (unpaired) electrons. The molecule has 162 valence electrons. The quantitative estimate of drug-likeness (QED) is 0.516. The third-order valence-electron chi connectivity index (χ3n) is 5.48. The van der Waals surface area contributed by atoms with Crippen LogP contribution in [0.1, 0.15) is 54.5 Å². The van der Waals surface area contributed by atoms with Crippen LogP contribution >= 0.6 is 0 Å². The molecule has 0 fully saturated rings. The third-order valence-corrected chi connectivity index (χ3v) is 5.48. The van der Waals surface area contributed by atoms with Crippen LogP contribution in [0.4, 0.5) is 0 Å². The smallest absolute Gasteiger partial charge is 0.0594 e. The van der Waals surface area contributed by atoms with E-state index in [0.717, 1.165) is 47.7 Å². The summed E-state index contributed by atoms with van der Waals surface area (Å²) in [7, 11) is 0. The van der Waals surface area contributed by atoms with Crippen molar-refractivity contribution in [2.75, 3.05) is 0 Å². The van der Waals surface area contributed by atoms with Gasteiger partial charge in [-0.3, -0.25) is 15.0 Å². The maximum Gasteiger partial charge on any atom is 0.0594 e. The van der Waals surface area contributed by atoms with Crippen molar-refractivity contribution < 1.29 is 0 Å². The number of pyridine rings is 3. The van der Waals surface area contributed by atoms with E-state index in [-0.39, 0.29) is 0 Å². The molecule has 3 aromatic rings. The number of nitrogens with zero attached hydrogens (tertiary/aromatic N) is 3. The van der Waals surface area contributed by atoms with Crippen molar-refractivity contribution in [2.24, 2.45) is 5.73 Å². The van der Waals surface area contributed by atoms with E-state index in [1.54, 1.807) is 0 Å². The molecule has 3 rings (SSSR count). The van der Waals surface area contributed by atoms with Gasteiger partial charge in [-0.1, -0.05) is 39.0 Å². The van der Waals surface area contributed by atoms with Crippen molar-refractivity contribution in [1.82, 2.24) is 20.3 Å². The molecule has 0 unspecified atom stereocenters. The lowest BCUT2D eigenvalue weighted by molar-refractivity contribution is 0.732. The predicted octanol–water partition coefficient (Wildman–Crippen LogP) is 4.30. The van der Waals surface area contributed by atoms with Crippen LogP contribution in [0, 0.1) is 0 Å². The van der Waals surface area contributed by atoms with Crippen molar-refractivity contribution in [2.45, 2.75) is 59.4 Å². The van der Waals surface area contributed by atoms with Gasteiger partial charge in [0.15, 0.2) is 0 Å². The first kappa shape index (κ1) is 22.5. The summed E-state index contributed by atoms with van der Waals surface area (Å²) >= 11 is 0. The van der Waals surface area contributed by atoms with Gasteiger partial charge in [0, 0.05) is 54.2 Å². The molecule has 31 heavy (non-hydrogen) atoms. The Balaban J connectivity index is 1.78. The number of aromatic nitrogens is 3. The highest BCUT2D eigenvalue weighted by atomic mass is 14.9. The fourth-order valence-corrected chi connectivity index (χ4v) is 3.28. The van der Waals surface area contributed by atoms with Gasteiger partial charge in [0.2, 0.25) is 0 Å². The number of aryl methyl sites for hydroxylation is 3. The SMILES string of the molecule is CCc1ccc(CN/C(Cc2ccc(CC)cn2)=C(/N)Cc2ccc(CC)cn2)nc1. The van der Waals surface area contributed by atoms with Crippen molar-refractivity contribution in [1.29, 1.82) is 0 Å². The number of hydrogen-bond acceptors (Lipinski definition) is 5. The van der Waals surface area contributed by atoms with Crippen LogP contribution < -0.4 is 11.1 Å². The van der Waals surface area contributed by atoms with Crippen LogP contribution in [0.25, 0.3) is 0 Å². The highest BCUT2D eigenvalue weighted by Gasteiger charge is 2.09. The summed E-state index contributed by atoms with van der Waals surface area (Å²) in [5.41, 5.74) is 15.0. The molecule has 0 saturated carbocycles. The monoisotopic (exact) mass is 415 g/mol. The van der Waals surface area contributed by atoms with Gasteiger partial charge in [0.25, 0.3) is 0 Å². The molecule has 5 nitrogen and oxygen atoms in total. The molecular weight excluding hydrogens is 382 g/mol. The molecule has 0 saturated heterocycles. The van der Waals surface area contributed by atoms with Crippen molar-refractivity contribution >= 4 is 0 Å². The van der Waals surface area contributed by atoms with Crippen LogP contribution in [0.3, 0.4) is 0 Å². The number of hydrogen-bond donors (Lipinski definition) is 2. The normalized spacial score (nSPS) is 11.8. The Morgan fingerprint density at radius 2 is 1.13 bits per heavy atom. The molecule has 5 heteroatoms. The number of allylic oxidation sites excluding steroid dienone is 2. The zero-order valence-electron chi connectivity index (χ0n) is 18.9. The second kappa shape index (κ2) is 11.3. The van der Waals surface area contributed by atoms with Crippen molar-refractivity contribution in [3.63, 3.8) is 0 Å². The molecule has 0 aliphatic rings. The molecule has 0 spiro atoms. The first-order chi connectivity index (χ1) is 15.1. The van der Waals surface area contributed by atoms with E-state index in [0.29, 0.717) is 19.4 Å². The van der Waals surface area contributed by atoms with Gasteiger partial charge in [-0.2, -0.15) is 0 Å². The Morgan fingerprint density at radius 3 is 1.55 bits per heavy atom. The van der Waals surface area contributed by atoms with Gasteiger partial charge in [0.05, 0.1) is 12.2 Å². The van der Waals surface area contributed by atoms with Gasteiger partial charge in [-0.05, 0) is 54.2 Å². The highest BCUT2D eigenvalue weighted by molar-refractivity contribution is 5.25. The first-order valence-corrected chi connectivity index (χ1v) is 11.1. The highest BCUT2D eigenvalue weighted by Crippen LogP contribution is 2.12. The Hall–Kier alpha value is -3.21.